The minimum atomic E-state index is 0. The normalized spacial score (nSPS) is 10.0. The number of anilines is 2. The third-order valence-electron chi connectivity index (χ3n) is 7.18. The molecule has 6 aromatic carbocycles. The third kappa shape index (κ3) is 9.69. The van der Waals surface area contributed by atoms with Crippen molar-refractivity contribution >= 4 is 38.4 Å². The van der Waals surface area contributed by atoms with Crippen molar-refractivity contribution in [3.05, 3.63) is 120 Å². The summed E-state index contributed by atoms with van der Waals surface area (Å²) in [5, 5.41) is 5.34. The minimum absolute atomic E-state index is 0. The predicted octanol–water partition coefficient (Wildman–Crippen LogP) is 3.99. The summed E-state index contributed by atoms with van der Waals surface area (Å²) >= 11 is 1.74. The van der Waals surface area contributed by atoms with Gasteiger partial charge >= 0.3 is 41.9 Å². The van der Waals surface area contributed by atoms with Crippen molar-refractivity contribution in [2.45, 2.75) is 26.9 Å². The molecule has 6 rings (SSSR count). The van der Waals surface area contributed by atoms with Gasteiger partial charge < -0.3 is 34.6 Å². The molecule has 6 aromatic rings. The van der Waals surface area contributed by atoms with Gasteiger partial charge in [0.1, 0.15) is 0 Å². The molecule has 0 aliphatic carbocycles. The van der Waals surface area contributed by atoms with Crippen LogP contribution < -0.4 is 34.6 Å². The van der Waals surface area contributed by atoms with Crippen molar-refractivity contribution in [3.63, 3.8) is 0 Å². The molecule has 0 radical (unpaired) electrons. The van der Waals surface area contributed by atoms with E-state index >= 15 is 0 Å². The molecule has 0 saturated heterocycles. The molecule has 0 fully saturated rings. The monoisotopic (exact) mass is 714 g/mol. The van der Waals surface area contributed by atoms with Gasteiger partial charge in [0.2, 0.25) is 0 Å². The summed E-state index contributed by atoms with van der Waals surface area (Å²) in [6.07, 6.45) is 0. The minimum Gasteiger partial charge on any atom is -1.00 e. The number of aryl methyl sites for hydroxylation is 2. The number of nitrogens with zero attached hydrogens (tertiary/aromatic N) is 2. The second kappa shape index (κ2) is 17.2. The van der Waals surface area contributed by atoms with Gasteiger partial charge in [0, 0.05) is 39.6 Å². The summed E-state index contributed by atoms with van der Waals surface area (Å²) in [5.74, 6) is 0. The molecule has 2 nitrogen and oxygen atoms in total. The Kier molecular flexibility index (Phi) is 14.7. The maximum absolute atomic E-state index is 2.31. The average molecular weight is 717 g/mol. The van der Waals surface area contributed by atoms with E-state index in [1.54, 1.807) is 23.3 Å². The first-order chi connectivity index (χ1) is 20.0. The number of rotatable bonds is 4. The molecule has 0 aliphatic rings. The van der Waals surface area contributed by atoms with Gasteiger partial charge in [0.25, 0.3) is 0 Å². The third-order valence-corrected chi connectivity index (χ3v) is 7.18. The zero-order valence-corrected chi connectivity index (χ0v) is 32.0. The maximum Gasteiger partial charge on any atom is 0.0361 e. The molecule has 228 valence electrons. The van der Waals surface area contributed by atoms with E-state index in [1.807, 2.05) is 0 Å². The fourth-order valence-corrected chi connectivity index (χ4v) is 5.15. The van der Waals surface area contributed by atoms with Crippen LogP contribution in [-0.4, -0.2) is 33.6 Å². The first kappa shape index (κ1) is 37.6. The SMILES string of the molecule is C[Si](C)=[Zr+2].Cc1cc2c(-c3ccc(N(C)C)cc3)cccc2[cH-]1.Cc1cc2c(-c3ccc(N(C)C)cc3)cccc2[cH-]1.[Cl-].[Cl-]. The summed E-state index contributed by atoms with van der Waals surface area (Å²) in [7, 11) is 8.26. The molecule has 0 aromatic heterocycles. The number of hydrogen-bond acceptors (Lipinski definition) is 2. The molecule has 0 atom stereocenters. The summed E-state index contributed by atoms with van der Waals surface area (Å²) in [6, 6.07) is 39.5. The van der Waals surface area contributed by atoms with Crippen LogP contribution in [0.25, 0.3) is 43.8 Å². The van der Waals surface area contributed by atoms with Crippen molar-refractivity contribution in [2.24, 2.45) is 0 Å². The van der Waals surface area contributed by atoms with Gasteiger partial charge in [-0.25, -0.2) is 0 Å². The van der Waals surface area contributed by atoms with Crippen LogP contribution in [0.15, 0.2) is 109 Å². The van der Waals surface area contributed by atoms with Crippen molar-refractivity contribution in [1.29, 1.82) is 0 Å². The zero-order chi connectivity index (χ0) is 30.4. The van der Waals surface area contributed by atoms with Crippen molar-refractivity contribution < 1.29 is 48.1 Å². The first-order valence-corrected chi connectivity index (χ1v) is 20.6. The van der Waals surface area contributed by atoms with E-state index in [9.17, 15) is 0 Å². The molecule has 0 amide bonds. The van der Waals surface area contributed by atoms with Crippen LogP contribution in [0.5, 0.6) is 0 Å². The fraction of sp³-hybridized carbons (Fsp3) is 0.211. The van der Waals surface area contributed by atoms with Gasteiger partial charge in [-0.15, -0.1) is 69.1 Å². The molecule has 0 spiro atoms. The second-order valence-electron chi connectivity index (χ2n) is 11.6. The Balaban J connectivity index is 0.000000263. The Bertz CT molecular complexity index is 1650. The molecule has 0 bridgehead atoms. The van der Waals surface area contributed by atoms with Crippen LogP contribution in [0, 0.1) is 13.8 Å². The molecule has 0 aliphatic heterocycles. The Hall–Kier alpha value is -2.62. The van der Waals surface area contributed by atoms with E-state index in [2.05, 4.69) is 174 Å². The summed E-state index contributed by atoms with van der Waals surface area (Å²) in [4.78, 5) is 4.24. The zero-order valence-electron chi connectivity index (χ0n) is 27.0. The van der Waals surface area contributed by atoms with E-state index in [-0.39, 0.29) is 30.2 Å². The van der Waals surface area contributed by atoms with Crippen LogP contribution in [0.3, 0.4) is 0 Å². The van der Waals surface area contributed by atoms with Gasteiger partial charge in [0.15, 0.2) is 0 Å². The average Bonchev–Trinajstić information content (AvgIpc) is 3.53. The van der Waals surface area contributed by atoms with Gasteiger partial charge in [-0.3, -0.25) is 0 Å². The van der Waals surface area contributed by atoms with Crippen molar-refractivity contribution in [3.8, 4) is 22.3 Å². The van der Waals surface area contributed by atoms with Gasteiger partial charge in [-0.1, -0.05) is 61.4 Å². The largest absolute Gasteiger partial charge is 1.00 e. The van der Waals surface area contributed by atoms with Crippen LogP contribution in [0.2, 0.25) is 13.1 Å². The van der Waals surface area contributed by atoms with Crippen LogP contribution in [0.1, 0.15) is 11.1 Å². The van der Waals surface area contributed by atoms with Gasteiger partial charge in [0.05, 0.1) is 0 Å². The van der Waals surface area contributed by atoms with E-state index < -0.39 is 0 Å². The molecule has 0 heterocycles. The topological polar surface area (TPSA) is 6.48 Å². The second-order valence-corrected chi connectivity index (χ2v) is 20.9. The summed E-state index contributed by atoms with van der Waals surface area (Å²) in [6.45, 7) is 8.92. The van der Waals surface area contributed by atoms with Gasteiger partial charge in [-0.05, 0) is 35.4 Å². The molecular weight excluding hydrogens is 675 g/mol. The standard InChI is InChI=1S/2C18H18N.C2H6Si.2ClH.Zr/c2*1-13-11-15-5-4-6-17(18(15)12-13)14-7-9-16(10-8-14)19(2)3;1-3-2;;;/h2*4-12H,1-3H3;1-2H3;2*1H;/q2*-1;;;;+2/p-2. The predicted molar refractivity (Wildman–Crippen MR) is 186 cm³/mol. The number of hydrogen-bond donors (Lipinski definition) is 0. The molecule has 0 unspecified atom stereocenters. The molecular formula is C38H42Cl2N2SiZr-2. The van der Waals surface area contributed by atoms with Gasteiger partial charge in [-0.2, -0.15) is 12.1 Å². The van der Waals surface area contributed by atoms with Crippen molar-refractivity contribution in [1.82, 2.24) is 0 Å². The Morgan fingerprint density at radius 2 is 0.864 bits per heavy atom. The Morgan fingerprint density at radius 1 is 0.545 bits per heavy atom. The van der Waals surface area contributed by atoms with Crippen LogP contribution >= 0.6 is 0 Å². The summed E-state index contributed by atoms with van der Waals surface area (Å²) in [5.41, 5.74) is 10.5. The quantitative estimate of drug-likeness (QED) is 0.201. The number of halogens is 2. The molecule has 0 N–H and O–H groups in total. The summed E-state index contributed by atoms with van der Waals surface area (Å²) < 4.78 is 0. The Morgan fingerprint density at radius 3 is 1.16 bits per heavy atom. The van der Waals surface area contributed by atoms with E-state index in [1.165, 1.54) is 66.3 Å². The van der Waals surface area contributed by atoms with E-state index in [4.69, 9.17) is 0 Å². The Labute approximate surface area is 292 Å². The fourth-order valence-electron chi connectivity index (χ4n) is 5.15. The maximum atomic E-state index is 2.31. The smallest absolute Gasteiger partial charge is 0.0361 e. The van der Waals surface area contributed by atoms with E-state index in [0.29, 0.717) is 0 Å². The first-order valence-electron chi connectivity index (χ1n) is 14.4. The molecule has 0 saturated carbocycles. The van der Waals surface area contributed by atoms with E-state index in [0.717, 1.165) is 0 Å². The van der Waals surface area contributed by atoms with Crippen LogP contribution in [-0.2, 0) is 23.3 Å². The molecule has 6 heteroatoms. The number of benzene rings is 4. The molecule has 44 heavy (non-hydrogen) atoms. The number of fused-ring (bicyclic) bond motifs is 2. The van der Waals surface area contributed by atoms with Crippen molar-refractivity contribution in [2.75, 3.05) is 38.0 Å². The van der Waals surface area contributed by atoms with Crippen LogP contribution in [0.4, 0.5) is 11.4 Å².